The first-order valence-corrected chi connectivity index (χ1v) is 9.10. The lowest BCUT2D eigenvalue weighted by molar-refractivity contribution is 0.103. The van der Waals surface area contributed by atoms with Crippen LogP contribution in [-0.4, -0.2) is 16.0 Å². The predicted octanol–water partition coefficient (Wildman–Crippen LogP) is 4.20. The highest BCUT2D eigenvalue weighted by atomic mass is 35.5. The second-order valence-electron chi connectivity index (χ2n) is 6.30. The van der Waals surface area contributed by atoms with Gasteiger partial charge in [0.15, 0.2) is 5.82 Å². The molecule has 0 saturated heterocycles. The van der Waals surface area contributed by atoms with E-state index in [1.165, 1.54) is 11.3 Å². The van der Waals surface area contributed by atoms with Crippen LogP contribution in [0, 0.1) is 0 Å². The van der Waals surface area contributed by atoms with Gasteiger partial charge in [-0.2, -0.15) is 4.98 Å². The van der Waals surface area contributed by atoms with E-state index in [4.69, 9.17) is 10.3 Å². The van der Waals surface area contributed by atoms with E-state index in [1.54, 1.807) is 6.07 Å². The molecule has 1 aliphatic rings. The number of carbonyl (C=O) groups excluding carboxylic acids is 1. The van der Waals surface area contributed by atoms with Crippen molar-refractivity contribution < 1.29 is 9.32 Å². The summed E-state index contributed by atoms with van der Waals surface area (Å²) in [4.78, 5) is 17.3. The minimum absolute atomic E-state index is 0. The van der Waals surface area contributed by atoms with Crippen LogP contribution >= 0.6 is 23.7 Å². The third-order valence-corrected chi connectivity index (χ3v) is 5.35. The van der Waals surface area contributed by atoms with E-state index in [0.29, 0.717) is 22.3 Å². The summed E-state index contributed by atoms with van der Waals surface area (Å²) in [6, 6.07) is 11.0. The van der Waals surface area contributed by atoms with Crippen LogP contribution < -0.4 is 11.1 Å². The Morgan fingerprint density at radius 3 is 2.77 bits per heavy atom. The average Bonchev–Trinajstić information content (AvgIpc) is 3.37. The van der Waals surface area contributed by atoms with E-state index in [9.17, 15) is 4.79 Å². The molecule has 0 unspecified atom stereocenters. The van der Waals surface area contributed by atoms with Crippen LogP contribution in [0.25, 0.3) is 11.5 Å². The zero-order valence-corrected chi connectivity index (χ0v) is 15.6. The van der Waals surface area contributed by atoms with Crippen molar-refractivity contribution in [2.75, 3.05) is 5.32 Å². The molecular weight excluding hydrogens is 372 g/mol. The van der Waals surface area contributed by atoms with Crippen molar-refractivity contribution in [1.82, 2.24) is 10.1 Å². The van der Waals surface area contributed by atoms with Gasteiger partial charge in [0.1, 0.15) is 0 Å². The molecule has 1 aromatic carbocycles. The molecule has 3 aromatic rings. The van der Waals surface area contributed by atoms with Crippen LogP contribution in [0.4, 0.5) is 5.69 Å². The van der Waals surface area contributed by atoms with Gasteiger partial charge in [0.05, 0.1) is 10.4 Å². The Balaban J connectivity index is 0.00000196. The summed E-state index contributed by atoms with van der Waals surface area (Å²) in [6.07, 6.45) is 3.93. The van der Waals surface area contributed by atoms with Gasteiger partial charge < -0.3 is 15.6 Å². The second kappa shape index (κ2) is 7.57. The molecule has 2 heterocycles. The Kier molecular flexibility index (Phi) is 5.41. The van der Waals surface area contributed by atoms with Gasteiger partial charge in [0.2, 0.25) is 0 Å². The largest absolute Gasteiger partial charge is 0.334 e. The number of amides is 1. The highest BCUT2D eigenvalue weighted by Gasteiger charge is 2.36. The molecule has 0 radical (unpaired) electrons. The minimum Gasteiger partial charge on any atom is -0.334 e. The lowest BCUT2D eigenvalue weighted by Crippen LogP contribution is -2.34. The van der Waals surface area contributed by atoms with E-state index in [0.717, 1.165) is 31.2 Å². The summed E-state index contributed by atoms with van der Waals surface area (Å²) in [5.41, 5.74) is 7.34. The number of carbonyl (C=O) groups is 1. The van der Waals surface area contributed by atoms with E-state index in [-0.39, 0.29) is 18.3 Å². The normalized spacial score (nSPS) is 15.4. The molecular formula is C18H19ClN4O2S. The fraction of sp³-hybridized carbons (Fsp3) is 0.278. The molecule has 0 atom stereocenters. The first kappa shape index (κ1) is 18.6. The van der Waals surface area contributed by atoms with Crippen LogP contribution in [0.15, 0.2) is 46.3 Å². The average molecular weight is 391 g/mol. The second-order valence-corrected chi connectivity index (χ2v) is 7.25. The summed E-state index contributed by atoms with van der Waals surface area (Å²) >= 11 is 1.40. The van der Waals surface area contributed by atoms with Crippen molar-refractivity contribution in [2.24, 2.45) is 5.73 Å². The number of halogens is 1. The zero-order chi connectivity index (χ0) is 17.3. The number of hydrogen-bond donors (Lipinski definition) is 2. The van der Waals surface area contributed by atoms with Crippen LogP contribution in [0.3, 0.4) is 0 Å². The van der Waals surface area contributed by atoms with Crippen LogP contribution in [0.5, 0.6) is 0 Å². The fourth-order valence-corrected chi connectivity index (χ4v) is 3.72. The third-order valence-electron chi connectivity index (χ3n) is 4.48. The molecule has 0 spiro atoms. The van der Waals surface area contributed by atoms with Crippen molar-refractivity contribution in [3.05, 3.63) is 52.5 Å². The van der Waals surface area contributed by atoms with Crippen LogP contribution in [0.1, 0.15) is 41.2 Å². The maximum absolute atomic E-state index is 12.2. The topological polar surface area (TPSA) is 94.0 Å². The standard InChI is InChI=1S/C18H18N4O2S.ClH/c19-18(8-1-2-9-18)17-21-16(24-22-17)12-5-3-6-13(11-12)20-15(23)14-7-4-10-25-14;/h3-7,10-11H,1-2,8-9,19H2,(H,20,23);1H. The number of hydrogen-bond acceptors (Lipinski definition) is 6. The molecule has 26 heavy (non-hydrogen) atoms. The smallest absolute Gasteiger partial charge is 0.265 e. The van der Waals surface area contributed by atoms with Crippen molar-refractivity contribution in [3.63, 3.8) is 0 Å². The maximum atomic E-state index is 12.2. The zero-order valence-electron chi connectivity index (χ0n) is 14.0. The summed E-state index contributed by atoms with van der Waals surface area (Å²) in [7, 11) is 0. The number of nitrogens with one attached hydrogen (secondary N) is 1. The molecule has 8 heteroatoms. The van der Waals surface area contributed by atoms with Gasteiger partial charge >= 0.3 is 0 Å². The number of nitrogens with zero attached hydrogens (tertiary/aromatic N) is 2. The molecule has 4 rings (SSSR count). The molecule has 0 aliphatic heterocycles. The molecule has 3 N–H and O–H groups in total. The monoisotopic (exact) mass is 390 g/mol. The Hall–Kier alpha value is -2.22. The van der Waals surface area contributed by atoms with Gasteiger partial charge in [-0.1, -0.05) is 30.1 Å². The van der Waals surface area contributed by atoms with Gasteiger partial charge in [0.25, 0.3) is 11.8 Å². The number of rotatable bonds is 4. The van der Waals surface area contributed by atoms with Gasteiger partial charge in [-0.3, -0.25) is 4.79 Å². The summed E-state index contributed by atoms with van der Waals surface area (Å²) < 4.78 is 5.41. The van der Waals surface area contributed by atoms with Gasteiger partial charge in [-0.25, -0.2) is 0 Å². The number of nitrogens with two attached hydrogens (primary N) is 1. The van der Waals surface area contributed by atoms with Crippen molar-refractivity contribution in [1.29, 1.82) is 0 Å². The first-order chi connectivity index (χ1) is 12.1. The molecule has 2 aromatic heterocycles. The van der Waals surface area contributed by atoms with Gasteiger partial charge in [-0.05, 0) is 42.5 Å². The van der Waals surface area contributed by atoms with E-state index in [2.05, 4.69) is 15.5 Å². The van der Waals surface area contributed by atoms with Crippen LogP contribution in [0.2, 0.25) is 0 Å². The van der Waals surface area contributed by atoms with E-state index < -0.39 is 5.54 Å². The number of aromatic nitrogens is 2. The Morgan fingerprint density at radius 1 is 1.23 bits per heavy atom. The Labute approximate surface area is 161 Å². The lowest BCUT2D eigenvalue weighted by Gasteiger charge is -2.17. The third kappa shape index (κ3) is 3.65. The quantitative estimate of drug-likeness (QED) is 0.696. The SMILES string of the molecule is Cl.NC1(c2noc(-c3cccc(NC(=O)c4cccs4)c3)n2)CCCC1. The molecule has 1 amide bonds. The Bertz CT molecular complexity index is 888. The maximum Gasteiger partial charge on any atom is 0.265 e. The van der Waals surface area contributed by atoms with Crippen molar-refractivity contribution >= 4 is 35.3 Å². The summed E-state index contributed by atoms with van der Waals surface area (Å²) in [6.45, 7) is 0. The molecule has 1 aliphatic carbocycles. The van der Waals surface area contributed by atoms with Gasteiger partial charge in [0, 0.05) is 11.3 Å². The number of benzene rings is 1. The highest BCUT2D eigenvalue weighted by Crippen LogP contribution is 2.35. The highest BCUT2D eigenvalue weighted by molar-refractivity contribution is 7.12. The lowest BCUT2D eigenvalue weighted by atomic mass is 9.99. The molecule has 136 valence electrons. The van der Waals surface area contributed by atoms with Crippen molar-refractivity contribution in [3.8, 4) is 11.5 Å². The van der Waals surface area contributed by atoms with Gasteiger partial charge in [-0.15, -0.1) is 23.7 Å². The number of anilines is 1. The number of thiophene rings is 1. The molecule has 1 fully saturated rings. The fourth-order valence-electron chi connectivity index (χ4n) is 3.10. The summed E-state index contributed by atoms with van der Waals surface area (Å²) in [5.74, 6) is 0.845. The molecule has 0 bridgehead atoms. The first-order valence-electron chi connectivity index (χ1n) is 8.22. The predicted molar refractivity (Wildman–Crippen MR) is 104 cm³/mol. The summed E-state index contributed by atoms with van der Waals surface area (Å²) in [5, 5.41) is 8.83. The Morgan fingerprint density at radius 2 is 2.04 bits per heavy atom. The van der Waals surface area contributed by atoms with E-state index in [1.807, 2.05) is 35.7 Å². The van der Waals surface area contributed by atoms with Crippen LogP contribution in [-0.2, 0) is 5.54 Å². The van der Waals surface area contributed by atoms with E-state index >= 15 is 0 Å². The minimum atomic E-state index is -0.479. The molecule has 6 nitrogen and oxygen atoms in total. The molecule has 1 saturated carbocycles. The van der Waals surface area contributed by atoms with Crippen molar-refractivity contribution in [2.45, 2.75) is 31.2 Å².